The maximum atomic E-state index is 9.64. The van der Waals surface area contributed by atoms with Gasteiger partial charge in [-0.2, -0.15) is 0 Å². The molecule has 1 aliphatic heterocycles. The van der Waals surface area contributed by atoms with Crippen LogP contribution < -0.4 is 5.32 Å². The molecular weight excluding hydrogens is 224 g/mol. The zero-order valence-corrected chi connectivity index (χ0v) is 13.1. The third-order valence-corrected chi connectivity index (χ3v) is 3.74. The van der Waals surface area contributed by atoms with Gasteiger partial charge in [0.2, 0.25) is 0 Å². The highest BCUT2D eigenvalue weighted by Gasteiger charge is 2.30. The van der Waals surface area contributed by atoms with E-state index in [1.807, 2.05) is 6.92 Å². The van der Waals surface area contributed by atoms with Crippen LogP contribution in [0.4, 0.5) is 0 Å². The van der Waals surface area contributed by atoms with E-state index in [2.05, 4.69) is 44.8 Å². The molecule has 2 atom stereocenters. The Kier molecular flexibility index (Phi) is 5.22. The predicted octanol–water partition coefficient (Wildman–Crippen LogP) is 2.10. The molecule has 2 N–H and O–H groups in total. The fraction of sp³-hybridized carbons (Fsp3) is 1.00. The first-order valence-corrected chi connectivity index (χ1v) is 7.24. The van der Waals surface area contributed by atoms with Crippen molar-refractivity contribution in [2.45, 2.75) is 59.6 Å². The molecule has 1 fully saturated rings. The van der Waals surface area contributed by atoms with Gasteiger partial charge in [-0.15, -0.1) is 0 Å². The summed E-state index contributed by atoms with van der Waals surface area (Å²) in [5.74, 6) is 0.469. The molecule has 3 heteroatoms. The lowest BCUT2D eigenvalue weighted by atomic mass is 9.91. The number of nitrogens with zero attached hydrogens (tertiary/aromatic N) is 1. The van der Waals surface area contributed by atoms with Crippen molar-refractivity contribution in [1.82, 2.24) is 10.2 Å². The summed E-state index contributed by atoms with van der Waals surface area (Å²) in [4.78, 5) is 2.50. The van der Waals surface area contributed by atoms with Gasteiger partial charge in [-0.3, -0.25) is 0 Å². The third-order valence-electron chi connectivity index (χ3n) is 3.74. The van der Waals surface area contributed by atoms with E-state index in [-0.39, 0.29) is 17.1 Å². The zero-order valence-electron chi connectivity index (χ0n) is 13.1. The number of hydrogen-bond acceptors (Lipinski definition) is 3. The second-order valence-electron chi connectivity index (χ2n) is 7.79. The zero-order chi connectivity index (χ0) is 14.0. The van der Waals surface area contributed by atoms with Crippen molar-refractivity contribution in [2.75, 3.05) is 26.2 Å². The topological polar surface area (TPSA) is 35.5 Å². The molecule has 1 heterocycles. The monoisotopic (exact) mass is 256 g/mol. The summed E-state index contributed by atoms with van der Waals surface area (Å²) in [6, 6.07) is 0. The van der Waals surface area contributed by atoms with Crippen molar-refractivity contribution < 1.29 is 5.11 Å². The van der Waals surface area contributed by atoms with E-state index in [1.54, 1.807) is 0 Å². The van der Waals surface area contributed by atoms with Crippen molar-refractivity contribution in [2.24, 2.45) is 11.3 Å². The molecule has 18 heavy (non-hydrogen) atoms. The van der Waals surface area contributed by atoms with Gasteiger partial charge in [-0.1, -0.05) is 13.8 Å². The number of rotatable bonds is 5. The van der Waals surface area contributed by atoms with Gasteiger partial charge in [0.05, 0.1) is 6.10 Å². The lowest BCUT2D eigenvalue weighted by molar-refractivity contribution is 0.120. The van der Waals surface area contributed by atoms with Gasteiger partial charge < -0.3 is 15.3 Å². The molecule has 0 aliphatic carbocycles. The van der Waals surface area contributed by atoms with Gasteiger partial charge in [-0.25, -0.2) is 0 Å². The quantitative estimate of drug-likeness (QED) is 0.791. The molecule has 2 unspecified atom stereocenters. The molecule has 0 radical (unpaired) electrons. The molecule has 0 spiro atoms. The molecule has 0 amide bonds. The normalized spacial score (nSPS) is 24.5. The Morgan fingerprint density at radius 2 is 1.89 bits per heavy atom. The standard InChI is InChI=1S/C15H32N2O/c1-12(18)13-7-8-17(9-13)11-15(5,6)10-16-14(2,3)4/h12-13,16,18H,7-11H2,1-6H3. The molecule has 0 aromatic rings. The molecule has 3 nitrogen and oxygen atoms in total. The SMILES string of the molecule is CC(O)C1CCN(CC(C)(C)CNC(C)(C)C)C1. The average molecular weight is 256 g/mol. The first-order valence-electron chi connectivity index (χ1n) is 7.24. The van der Waals surface area contributed by atoms with Crippen molar-refractivity contribution in [1.29, 1.82) is 0 Å². The van der Waals surface area contributed by atoms with Crippen LogP contribution in [-0.4, -0.2) is 47.8 Å². The van der Waals surface area contributed by atoms with Crippen LogP contribution in [0.15, 0.2) is 0 Å². The van der Waals surface area contributed by atoms with Gasteiger partial charge in [-0.05, 0) is 52.0 Å². The maximum absolute atomic E-state index is 9.64. The Morgan fingerprint density at radius 3 is 2.33 bits per heavy atom. The second-order valence-corrected chi connectivity index (χ2v) is 7.79. The minimum Gasteiger partial charge on any atom is -0.393 e. The van der Waals surface area contributed by atoms with Crippen LogP contribution in [0.5, 0.6) is 0 Å². The van der Waals surface area contributed by atoms with Crippen molar-refractivity contribution in [3.8, 4) is 0 Å². The molecule has 0 bridgehead atoms. The lowest BCUT2D eigenvalue weighted by Crippen LogP contribution is -2.46. The summed E-state index contributed by atoms with van der Waals surface area (Å²) in [6.07, 6.45) is 0.978. The fourth-order valence-electron chi connectivity index (χ4n) is 2.57. The smallest absolute Gasteiger partial charge is 0.0552 e. The van der Waals surface area contributed by atoms with E-state index in [4.69, 9.17) is 0 Å². The Labute approximate surface area is 113 Å². The molecule has 1 saturated heterocycles. The summed E-state index contributed by atoms with van der Waals surface area (Å²) < 4.78 is 0. The van der Waals surface area contributed by atoms with E-state index in [1.165, 1.54) is 0 Å². The van der Waals surface area contributed by atoms with Crippen molar-refractivity contribution in [3.05, 3.63) is 0 Å². The Balaban J connectivity index is 2.37. The molecule has 0 aromatic carbocycles. The minimum atomic E-state index is -0.161. The minimum absolute atomic E-state index is 0.161. The Morgan fingerprint density at radius 1 is 1.28 bits per heavy atom. The largest absolute Gasteiger partial charge is 0.393 e. The lowest BCUT2D eigenvalue weighted by Gasteiger charge is -2.34. The van der Waals surface area contributed by atoms with Crippen LogP contribution in [0, 0.1) is 11.3 Å². The summed E-state index contributed by atoms with van der Waals surface area (Å²) in [7, 11) is 0. The Hall–Kier alpha value is -0.120. The predicted molar refractivity (Wildman–Crippen MR) is 77.8 cm³/mol. The summed E-state index contributed by atoms with van der Waals surface area (Å²) in [5, 5.41) is 13.2. The van der Waals surface area contributed by atoms with E-state index < -0.39 is 0 Å². The fourth-order valence-corrected chi connectivity index (χ4v) is 2.57. The number of hydrogen-bond donors (Lipinski definition) is 2. The van der Waals surface area contributed by atoms with Gasteiger partial charge >= 0.3 is 0 Å². The van der Waals surface area contributed by atoms with Gasteiger partial charge in [0, 0.05) is 25.2 Å². The average Bonchev–Trinajstić information content (AvgIpc) is 2.62. The molecule has 1 aliphatic rings. The molecule has 0 aromatic heterocycles. The highest BCUT2D eigenvalue weighted by atomic mass is 16.3. The van der Waals surface area contributed by atoms with Gasteiger partial charge in [0.15, 0.2) is 0 Å². The van der Waals surface area contributed by atoms with Gasteiger partial charge in [0.1, 0.15) is 0 Å². The van der Waals surface area contributed by atoms with Crippen LogP contribution >= 0.6 is 0 Å². The highest BCUT2D eigenvalue weighted by molar-refractivity contribution is 4.85. The van der Waals surface area contributed by atoms with E-state index >= 15 is 0 Å². The van der Waals surface area contributed by atoms with Gasteiger partial charge in [0.25, 0.3) is 0 Å². The van der Waals surface area contributed by atoms with Crippen LogP contribution in [0.1, 0.15) is 48.0 Å². The van der Waals surface area contributed by atoms with E-state index in [0.717, 1.165) is 32.6 Å². The molecule has 108 valence electrons. The maximum Gasteiger partial charge on any atom is 0.0552 e. The van der Waals surface area contributed by atoms with Crippen LogP contribution in [-0.2, 0) is 0 Å². The number of likely N-dealkylation sites (tertiary alicyclic amines) is 1. The summed E-state index contributed by atoms with van der Waals surface area (Å²) in [5.41, 5.74) is 0.464. The Bertz CT molecular complexity index is 256. The number of nitrogens with one attached hydrogen (secondary N) is 1. The van der Waals surface area contributed by atoms with E-state index in [0.29, 0.717) is 5.92 Å². The van der Waals surface area contributed by atoms with Crippen LogP contribution in [0.2, 0.25) is 0 Å². The first kappa shape index (κ1) is 15.9. The summed E-state index contributed by atoms with van der Waals surface area (Å²) in [6.45, 7) is 17.5. The molecular formula is C15H32N2O. The van der Waals surface area contributed by atoms with Crippen LogP contribution in [0.3, 0.4) is 0 Å². The molecule has 0 saturated carbocycles. The summed E-state index contributed by atoms with van der Waals surface area (Å²) >= 11 is 0. The molecule has 1 rings (SSSR count). The number of aliphatic hydroxyl groups is 1. The second kappa shape index (κ2) is 5.89. The van der Waals surface area contributed by atoms with Crippen molar-refractivity contribution >= 4 is 0 Å². The highest BCUT2D eigenvalue weighted by Crippen LogP contribution is 2.24. The van der Waals surface area contributed by atoms with E-state index in [9.17, 15) is 5.11 Å². The first-order chi connectivity index (χ1) is 8.09. The third kappa shape index (κ3) is 5.68. The van der Waals surface area contributed by atoms with Crippen molar-refractivity contribution in [3.63, 3.8) is 0 Å². The van der Waals surface area contributed by atoms with Crippen LogP contribution in [0.25, 0.3) is 0 Å². The number of aliphatic hydroxyl groups excluding tert-OH is 1.